The van der Waals surface area contributed by atoms with Gasteiger partial charge < -0.3 is 0 Å². The molecule has 1 aliphatic rings. The van der Waals surface area contributed by atoms with Crippen LogP contribution in [0, 0.1) is 10.1 Å². The Morgan fingerprint density at radius 3 is 2.41 bits per heavy atom. The number of para-hydroxylation sites is 1. The molecular formula is C25H19NO2Si. The maximum Gasteiger partial charge on any atom is 0.269 e. The van der Waals surface area contributed by atoms with E-state index in [2.05, 4.69) is 54.6 Å². The lowest BCUT2D eigenvalue weighted by Gasteiger charge is -2.23. The molecule has 4 aromatic rings. The van der Waals surface area contributed by atoms with Gasteiger partial charge in [0.1, 0.15) is 8.80 Å². The van der Waals surface area contributed by atoms with E-state index >= 15 is 0 Å². The second-order valence-electron chi connectivity index (χ2n) is 7.34. The summed E-state index contributed by atoms with van der Waals surface area (Å²) in [5, 5.41) is 17.7. The monoisotopic (exact) mass is 393 g/mol. The van der Waals surface area contributed by atoms with Crippen molar-refractivity contribution >= 4 is 46.9 Å². The minimum absolute atomic E-state index is 0.222. The van der Waals surface area contributed by atoms with Crippen LogP contribution in [-0.2, 0) is 6.42 Å². The van der Waals surface area contributed by atoms with Crippen molar-refractivity contribution in [2.45, 2.75) is 6.42 Å². The van der Waals surface area contributed by atoms with Crippen molar-refractivity contribution in [3.05, 3.63) is 112 Å². The van der Waals surface area contributed by atoms with Crippen LogP contribution in [0.25, 0.3) is 16.8 Å². The number of hydrogen-bond donors (Lipinski definition) is 0. The van der Waals surface area contributed by atoms with Crippen molar-refractivity contribution in [3.63, 3.8) is 0 Å². The molecule has 0 saturated carbocycles. The third kappa shape index (κ3) is 2.98. The average molecular weight is 394 g/mol. The first-order chi connectivity index (χ1) is 14.2. The average Bonchev–Trinajstić information content (AvgIpc) is 2.77. The minimum Gasteiger partial charge on any atom is -0.258 e. The molecule has 0 radical (unpaired) electrons. The molecule has 4 aromatic carbocycles. The van der Waals surface area contributed by atoms with E-state index in [4.69, 9.17) is 0 Å². The Morgan fingerprint density at radius 1 is 0.793 bits per heavy atom. The lowest BCUT2D eigenvalue weighted by molar-refractivity contribution is -0.383. The predicted octanol–water partition coefficient (Wildman–Crippen LogP) is 3.57. The van der Waals surface area contributed by atoms with Crippen LogP contribution >= 0.6 is 0 Å². The summed E-state index contributed by atoms with van der Waals surface area (Å²) in [5.74, 6) is 0. The smallest absolute Gasteiger partial charge is 0.258 e. The van der Waals surface area contributed by atoms with Crippen molar-refractivity contribution in [2.75, 3.05) is 0 Å². The summed E-state index contributed by atoms with van der Waals surface area (Å²) < 4.78 is 0. The minimum atomic E-state index is -2.03. The molecule has 1 aliphatic carbocycles. The van der Waals surface area contributed by atoms with E-state index in [0.717, 1.165) is 11.6 Å². The summed E-state index contributed by atoms with van der Waals surface area (Å²) in [7, 11) is -2.03. The van der Waals surface area contributed by atoms with Crippen molar-refractivity contribution < 1.29 is 4.92 Å². The van der Waals surface area contributed by atoms with E-state index in [1.165, 1.54) is 32.3 Å². The van der Waals surface area contributed by atoms with Gasteiger partial charge in [-0.1, -0.05) is 96.2 Å². The zero-order valence-corrected chi connectivity index (χ0v) is 16.9. The van der Waals surface area contributed by atoms with Gasteiger partial charge in [0.05, 0.1) is 4.92 Å². The number of nitro benzene ring substituents is 1. The van der Waals surface area contributed by atoms with E-state index in [1.54, 1.807) is 12.1 Å². The SMILES string of the molecule is O=[N+]([O-])c1ccccc1[SiH](c1ccccc1)c1ccc2cccc3c2c1CC=C3. The fourth-order valence-electron chi connectivity index (χ4n) is 4.50. The molecule has 1 unspecified atom stereocenters. The topological polar surface area (TPSA) is 43.1 Å². The van der Waals surface area contributed by atoms with Gasteiger partial charge in [-0.15, -0.1) is 0 Å². The molecule has 3 nitrogen and oxygen atoms in total. The number of nitro groups is 1. The Labute approximate surface area is 170 Å². The molecule has 0 bridgehead atoms. The summed E-state index contributed by atoms with van der Waals surface area (Å²) >= 11 is 0. The number of nitrogens with zero attached hydrogens (tertiary/aromatic N) is 1. The zero-order chi connectivity index (χ0) is 19.8. The molecule has 0 aliphatic heterocycles. The van der Waals surface area contributed by atoms with Crippen LogP contribution in [0.15, 0.2) is 91.0 Å². The Kier molecular flexibility index (Phi) is 4.33. The van der Waals surface area contributed by atoms with Gasteiger partial charge in [-0.25, -0.2) is 0 Å². The lowest BCUT2D eigenvalue weighted by Crippen LogP contribution is -2.54. The Bertz CT molecular complexity index is 1260. The first kappa shape index (κ1) is 17.6. The van der Waals surface area contributed by atoms with Crippen LogP contribution in [0.1, 0.15) is 11.1 Å². The molecule has 0 N–H and O–H groups in total. The highest BCUT2D eigenvalue weighted by molar-refractivity contribution is 6.96. The normalized spacial score (nSPS) is 13.4. The summed E-state index contributed by atoms with van der Waals surface area (Å²) in [6, 6.07) is 28.3. The van der Waals surface area contributed by atoms with Crippen molar-refractivity contribution in [1.29, 1.82) is 0 Å². The van der Waals surface area contributed by atoms with Crippen LogP contribution in [0.2, 0.25) is 0 Å². The quantitative estimate of drug-likeness (QED) is 0.230. The van der Waals surface area contributed by atoms with Crippen LogP contribution in [0.3, 0.4) is 0 Å². The Hall–Kier alpha value is -3.50. The molecule has 0 aromatic heterocycles. The third-order valence-corrected chi connectivity index (χ3v) is 9.05. The van der Waals surface area contributed by atoms with E-state index in [9.17, 15) is 10.1 Å². The highest BCUT2D eigenvalue weighted by Crippen LogP contribution is 2.28. The van der Waals surface area contributed by atoms with Gasteiger partial charge in [0.15, 0.2) is 0 Å². The van der Waals surface area contributed by atoms with Crippen LogP contribution in [0.5, 0.6) is 0 Å². The molecule has 140 valence electrons. The summed E-state index contributed by atoms with van der Waals surface area (Å²) in [6.07, 6.45) is 5.25. The summed E-state index contributed by atoms with van der Waals surface area (Å²) in [6.45, 7) is 0. The van der Waals surface area contributed by atoms with Gasteiger partial charge in [0.25, 0.3) is 5.69 Å². The fourth-order valence-corrected chi connectivity index (χ4v) is 7.86. The van der Waals surface area contributed by atoms with Crippen molar-refractivity contribution in [3.8, 4) is 0 Å². The number of hydrogen-bond acceptors (Lipinski definition) is 2. The molecule has 0 fully saturated rings. The Balaban J connectivity index is 1.83. The largest absolute Gasteiger partial charge is 0.269 e. The maximum absolute atomic E-state index is 11.8. The second kappa shape index (κ2) is 7.15. The third-order valence-electron chi connectivity index (χ3n) is 5.73. The predicted molar refractivity (Wildman–Crippen MR) is 122 cm³/mol. The number of benzene rings is 4. The van der Waals surface area contributed by atoms with Gasteiger partial charge in [-0.2, -0.15) is 0 Å². The van der Waals surface area contributed by atoms with E-state index in [-0.39, 0.29) is 10.6 Å². The number of allylic oxidation sites excluding steroid dienone is 1. The van der Waals surface area contributed by atoms with Crippen molar-refractivity contribution in [2.24, 2.45) is 0 Å². The zero-order valence-electron chi connectivity index (χ0n) is 15.8. The molecule has 0 heterocycles. The molecule has 29 heavy (non-hydrogen) atoms. The fraction of sp³-hybridized carbons (Fsp3) is 0.0400. The van der Waals surface area contributed by atoms with E-state index < -0.39 is 8.80 Å². The first-order valence-corrected chi connectivity index (χ1v) is 11.5. The lowest BCUT2D eigenvalue weighted by atomic mass is 9.93. The highest BCUT2D eigenvalue weighted by atomic mass is 28.3. The molecule has 4 heteroatoms. The summed E-state index contributed by atoms with van der Waals surface area (Å²) in [5.41, 5.74) is 2.77. The molecule has 0 saturated heterocycles. The molecule has 5 rings (SSSR count). The number of rotatable bonds is 4. The van der Waals surface area contributed by atoms with Gasteiger partial charge >= 0.3 is 0 Å². The molecule has 1 atom stereocenters. The van der Waals surface area contributed by atoms with Gasteiger partial charge in [0.2, 0.25) is 0 Å². The van der Waals surface area contributed by atoms with Crippen LogP contribution < -0.4 is 15.6 Å². The standard InChI is InChI=1S/C25H19NO2Si/c27-26(28)22-14-4-5-15-24(22)29(20-11-2-1-3-12-20)23-17-16-19-9-6-8-18-10-7-13-21(23)25(18)19/h1-12,14-17,29H,13H2. The molecule has 0 amide bonds. The van der Waals surface area contributed by atoms with Crippen LogP contribution in [0.4, 0.5) is 5.69 Å². The Morgan fingerprint density at radius 2 is 1.59 bits per heavy atom. The van der Waals surface area contributed by atoms with Crippen LogP contribution in [-0.4, -0.2) is 13.7 Å². The summed E-state index contributed by atoms with van der Waals surface area (Å²) in [4.78, 5) is 11.6. The van der Waals surface area contributed by atoms with Crippen molar-refractivity contribution in [1.82, 2.24) is 0 Å². The maximum atomic E-state index is 11.8. The highest BCUT2D eigenvalue weighted by Gasteiger charge is 2.29. The van der Waals surface area contributed by atoms with E-state index in [0.29, 0.717) is 0 Å². The van der Waals surface area contributed by atoms with Gasteiger partial charge in [-0.05, 0) is 33.5 Å². The first-order valence-electron chi connectivity index (χ1n) is 9.73. The molecular weight excluding hydrogens is 374 g/mol. The van der Waals surface area contributed by atoms with Gasteiger partial charge in [0, 0.05) is 11.3 Å². The van der Waals surface area contributed by atoms with E-state index in [1.807, 2.05) is 30.3 Å². The van der Waals surface area contributed by atoms with Gasteiger partial charge in [-0.3, -0.25) is 10.1 Å². The molecule has 0 spiro atoms. The second-order valence-corrected chi connectivity index (χ2v) is 10.1.